The molecule has 1 saturated carbocycles. The lowest BCUT2D eigenvalue weighted by Crippen LogP contribution is -2.53. The first-order valence-electron chi connectivity index (χ1n) is 12.7. The van der Waals surface area contributed by atoms with Crippen molar-refractivity contribution in [2.75, 3.05) is 6.61 Å². The van der Waals surface area contributed by atoms with E-state index in [2.05, 4.69) is 37.2 Å². The molecule has 0 aliphatic heterocycles. The molecule has 4 rings (SSSR count). The Balaban J connectivity index is 1.61. The fourth-order valence-electron chi connectivity index (χ4n) is 4.69. The number of rotatable bonds is 10. The number of carbonyl (C=O) groups excluding carboxylic acids is 2. The number of aryl methyl sites for hydroxylation is 1. The number of hydrogen-bond acceptors (Lipinski definition) is 3. The third kappa shape index (κ3) is 7.92. The summed E-state index contributed by atoms with van der Waals surface area (Å²) >= 11 is 7.03. The highest BCUT2D eigenvalue weighted by Crippen LogP contribution is 2.23. The summed E-state index contributed by atoms with van der Waals surface area (Å²) in [6, 6.07) is 22.8. The van der Waals surface area contributed by atoms with Crippen molar-refractivity contribution in [3.8, 4) is 5.75 Å². The Morgan fingerprint density at radius 3 is 2.41 bits per heavy atom. The van der Waals surface area contributed by atoms with Gasteiger partial charge in [0.05, 0.1) is 0 Å². The van der Waals surface area contributed by atoms with E-state index in [1.165, 1.54) is 0 Å². The first-order valence-corrected chi connectivity index (χ1v) is 14.2. The van der Waals surface area contributed by atoms with Gasteiger partial charge in [-0.2, -0.15) is 0 Å². The van der Waals surface area contributed by atoms with Gasteiger partial charge in [-0.05, 0) is 66.8 Å². The molecular weight excluding hydrogens is 596 g/mol. The second-order valence-corrected chi connectivity index (χ2v) is 11.3. The molecule has 0 spiro atoms. The van der Waals surface area contributed by atoms with E-state index in [0.29, 0.717) is 18.7 Å². The van der Waals surface area contributed by atoms with E-state index in [4.69, 9.17) is 4.74 Å². The highest BCUT2D eigenvalue weighted by Gasteiger charge is 2.32. The van der Waals surface area contributed by atoms with Crippen molar-refractivity contribution in [2.45, 2.75) is 57.7 Å². The van der Waals surface area contributed by atoms with E-state index in [9.17, 15) is 9.59 Å². The van der Waals surface area contributed by atoms with Crippen LogP contribution in [0.5, 0.6) is 5.75 Å². The van der Waals surface area contributed by atoms with Crippen LogP contribution in [-0.4, -0.2) is 35.4 Å². The van der Waals surface area contributed by atoms with Gasteiger partial charge in [0.25, 0.3) is 5.91 Å². The predicted octanol–water partition coefficient (Wildman–Crippen LogP) is 6.60. The van der Waals surface area contributed by atoms with Crippen molar-refractivity contribution in [3.63, 3.8) is 0 Å². The molecule has 3 aromatic rings. The van der Waals surface area contributed by atoms with E-state index in [1.807, 2.05) is 79.7 Å². The molecule has 0 aromatic heterocycles. The van der Waals surface area contributed by atoms with Gasteiger partial charge in [0.2, 0.25) is 5.91 Å². The van der Waals surface area contributed by atoms with Gasteiger partial charge in [-0.1, -0.05) is 87.2 Å². The SMILES string of the molecule is Cc1cc(OCC(=O)N(Cc2cccc(Br)c2)[C@@H](Cc2ccccc2)C(=O)NC2CCCC2)ccc1Br. The van der Waals surface area contributed by atoms with Gasteiger partial charge in [0.15, 0.2) is 6.61 Å². The molecule has 194 valence electrons. The number of halogens is 2. The maximum atomic E-state index is 13.7. The molecule has 0 radical (unpaired) electrons. The molecule has 1 fully saturated rings. The number of ether oxygens (including phenoxy) is 1. The minimum atomic E-state index is -0.662. The zero-order valence-corrected chi connectivity index (χ0v) is 24.1. The summed E-state index contributed by atoms with van der Waals surface area (Å²) in [5.74, 6) is 0.271. The Bertz CT molecular complexity index is 1210. The lowest BCUT2D eigenvalue weighted by Gasteiger charge is -2.32. The quantitative estimate of drug-likeness (QED) is 0.276. The summed E-state index contributed by atoms with van der Waals surface area (Å²) in [5, 5.41) is 3.23. The molecule has 0 bridgehead atoms. The van der Waals surface area contributed by atoms with E-state index < -0.39 is 6.04 Å². The number of nitrogens with zero attached hydrogens (tertiary/aromatic N) is 1. The fraction of sp³-hybridized carbons (Fsp3) is 0.333. The van der Waals surface area contributed by atoms with Gasteiger partial charge in [0.1, 0.15) is 11.8 Å². The van der Waals surface area contributed by atoms with E-state index in [0.717, 1.165) is 51.3 Å². The zero-order chi connectivity index (χ0) is 26.2. The summed E-state index contributed by atoms with van der Waals surface area (Å²) in [6.07, 6.45) is 4.63. The highest BCUT2D eigenvalue weighted by molar-refractivity contribution is 9.10. The van der Waals surface area contributed by atoms with Crippen molar-refractivity contribution in [3.05, 3.63) is 98.4 Å². The minimum Gasteiger partial charge on any atom is -0.484 e. The predicted molar refractivity (Wildman–Crippen MR) is 153 cm³/mol. The van der Waals surface area contributed by atoms with Gasteiger partial charge in [-0.15, -0.1) is 0 Å². The zero-order valence-electron chi connectivity index (χ0n) is 21.0. The monoisotopic (exact) mass is 626 g/mol. The average Bonchev–Trinajstić information content (AvgIpc) is 3.40. The second kappa shape index (κ2) is 13.2. The summed E-state index contributed by atoms with van der Waals surface area (Å²) in [6.45, 7) is 2.12. The van der Waals surface area contributed by atoms with Crippen molar-refractivity contribution in [1.29, 1.82) is 0 Å². The number of amides is 2. The van der Waals surface area contributed by atoms with Crippen LogP contribution in [0.3, 0.4) is 0 Å². The molecule has 37 heavy (non-hydrogen) atoms. The van der Waals surface area contributed by atoms with E-state index >= 15 is 0 Å². The van der Waals surface area contributed by atoms with Gasteiger partial charge in [0, 0.05) is 28.0 Å². The molecule has 5 nitrogen and oxygen atoms in total. The van der Waals surface area contributed by atoms with Crippen LogP contribution in [0.2, 0.25) is 0 Å². The van der Waals surface area contributed by atoms with E-state index in [1.54, 1.807) is 4.90 Å². The standard InChI is InChI=1S/C30H32Br2N2O3/c1-21-16-26(14-15-27(21)32)37-20-29(35)34(19-23-10-7-11-24(31)17-23)28(18-22-8-3-2-4-9-22)30(36)33-25-12-5-6-13-25/h2-4,7-11,14-17,25,28H,5-6,12-13,18-20H2,1H3,(H,33,36)/t28-/m0/s1. The Morgan fingerprint density at radius 1 is 0.973 bits per heavy atom. The number of carbonyl (C=O) groups is 2. The van der Waals surface area contributed by atoms with Gasteiger partial charge >= 0.3 is 0 Å². The molecular formula is C30H32Br2N2O3. The van der Waals surface area contributed by atoms with Crippen LogP contribution in [0.15, 0.2) is 81.7 Å². The minimum absolute atomic E-state index is 0.112. The molecule has 7 heteroatoms. The highest BCUT2D eigenvalue weighted by atomic mass is 79.9. The third-order valence-corrected chi connectivity index (χ3v) is 8.09. The van der Waals surface area contributed by atoms with Crippen molar-refractivity contribution < 1.29 is 14.3 Å². The average molecular weight is 628 g/mol. The second-order valence-electron chi connectivity index (χ2n) is 9.55. The fourth-order valence-corrected chi connectivity index (χ4v) is 5.38. The van der Waals surface area contributed by atoms with Crippen molar-refractivity contribution in [1.82, 2.24) is 10.2 Å². The lowest BCUT2D eigenvalue weighted by molar-refractivity contribution is -0.143. The van der Waals surface area contributed by atoms with Gasteiger partial charge in [-0.25, -0.2) is 0 Å². The first-order chi connectivity index (χ1) is 17.9. The normalized spacial score (nSPS) is 14.2. The van der Waals surface area contributed by atoms with Gasteiger partial charge < -0.3 is 15.0 Å². The Kier molecular flexibility index (Phi) is 9.81. The Labute approximate surface area is 235 Å². The molecule has 1 aliphatic rings. The summed E-state index contributed by atoms with van der Waals surface area (Å²) in [4.78, 5) is 29.1. The summed E-state index contributed by atoms with van der Waals surface area (Å²) < 4.78 is 7.81. The van der Waals surface area contributed by atoms with Crippen molar-refractivity contribution in [2.24, 2.45) is 0 Å². The van der Waals surface area contributed by atoms with Crippen LogP contribution in [0.25, 0.3) is 0 Å². The number of benzene rings is 3. The maximum Gasteiger partial charge on any atom is 0.261 e. The molecule has 1 N–H and O–H groups in total. The molecule has 0 unspecified atom stereocenters. The molecule has 1 aliphatic carbocycles. The van der Waals surface area contributed by atoms with Crippen LogP contribution in [0, 0.1) is 6.92 Å². The van der Waals surface area contributed by atoms with Crippen molar-refractivity contribution >= 4 is 43.7 Å². The number of hydrogen-bond donors (Lipinski definition) is 1. The maximum absolute atomic E-state index is 13.7. The Morgan fingerprint density at radius 2 is 1.70 bits per heavy atom. The molecule has 1 atom stereocenters. The summed E-state index contributed by atoms with van der Waals surface area (Å²) in [5.41, 5.74) is 2.97. The van der Waals surface area contributed by atoms with Crippen LogP contribution in [0.4, 0.5) is 0 Å². The molecule has 2 amide bonds. The lowest BCUT2D eigenvalue weighted by atomic mass is 10.0. The Hall–Kier alpha value is -2.64. The summed E-state index contributed by atoms with van der Waals surface area (Å²) in [7, 11) is 0. The van der Waals surface area contributed by atoms with Crippen LogP contribution in [0.1, 0.15) is 42.4 Å². The van der Waals surface area contributed by atoms with Crippen LogP contribution in [-0.2, 0) is 22.6 Å². The topological polar surface area (TPSA) is 58.6 Å². The first kappa shape index (κ1) is 27.4. The van der Waals surface area contributed by atoms with Gasteiger partial charge in [-0.3, -0.25) is 9.59 Å². The smallest absolute Gasteiger partial charge is 0.261 e. The van der Waals surface area contributed by atoms with Crippen LogP contribution < -0.4 is 10.1 Å². The van der Waals surface area contributed by atoms with Crippen LogP contribution >= 0.6 is 31.9 Å². The van der Waals surface area contributed by atoms with E-state index in [-0.39, 0.29) is 24.5 Å². The molecule has 0 heterocycles. The third-order valence-electron chi connectivity index (χ3n) is 6.71. The number of nitrogens with one attached hydrogen (secondary N) is 1. The largest absolute Gasteiger partial charge is 0.484 e. The molecule has 3 aromatic carbocycles. The molecule has 0 saturated heterocycles.